The van der Waals surface area contributed by atoms with Gasteiger partial charge in [0.05, 0.1) is 6.26 Å². The van der Waals surface area contributed by atoms with E-state index in [0.29, 0.717) is 23.1 Å². The molecule has 162 valence electrons. The van der Waals surface area contributed by atoms with Gasteiger partial charge in [0, 0.05) is 58.1 Å². The van der Waals surface area contributed by atoms with Crippen LogP contribution < -0.4 is 4.90 Å². The van der Waals surface area contributed by atoms with E-state index in [0.717, 1.165) is 64.5 Å². The fraction of sp³-hybridized carbons (Fsp3) is 0.435. The summed E-state index contributed by atoms with van der Waals surface area (Å²) in [5.41, 5.74) is 0.344. The first-order chi connectivity index (χ1) is 15.3. The summed E-state index contributed by atoms with van der Waals surface area (Å²) in [7, 11) is 0. The predicted octanol–water partition coefficient (Wildman–Crippen LogP) is 3.00. The molecule has 0 spiro atoms. The second kappa shape index (κ2) is 8.93. The Morgan fingerprint density at radius 1 is 1.06 bits per heavy atom. The Labute approximate surface area is 181 Å². The number of carbonyl (C=O) groups excluding carboxylic acids is 1. The van der Waals surface area contributed by atoms with Gasteiger partial charge in [-0.15, -0.1) is 0 Å². The molecule has 0 saturated carbocycles. The monoisotopic (exact) mass is 421 g/mol. The van der Waals surface area contributed by atoms with Crippen molar-refractivity contribution in [1.29, 1.82) is 0 Å². The third-order valence-electron chi connectivity index (χ3n) is 6.16. The molecule has 0 aromatic carbocycles. The molecule has 3 aromatic rings. The molecule has 2 aliphatic heterocycles. The number of hydrogen-bond acceptors (Lipinski definition) is 7. The SMILES string of the molecule is O=C(c1cc(-c2ccco2)on1)N1CCCC(CN2CCN(c3ccccn3)CC2)C1. The van der Waals surface area contributed by atoms with E-state index in [9.17, 15) is 4.79 Å². The van der Waals surface area contributed by atoms with E-state index in [1.54, 1.807) is 24.5 Å². The zero-order chi connectivity index (χ0) is 21.0. The van der Waals surface area contributed by atoms with Crippen molar-refractivity contribution in [3.05, 3.63) is 54.6 Å². The highest BCUT2D eigenvalue weighted by atomic mass is 16.5. The van der Waals surface area contributed by atoms with Crippen LogP contribution in [0.5, 0.6) is 0 Å². The van der Waals surface area contributed by atoms with Crippen LogP contribution in [-0.4, -0.2) is 71.7 Å². The van der Waals surface area contributed by atoms with Crippen molar-refractivity contribution in [2.75, 3.05) is 50.7 Å². The van der Waals surface area contributed by atoms with E-state index in [1.165, 1.54) is 0 Å². The maximum Gasteiger partial charge on any atom is 0.276 e. The molecule has 5 rings (SSSR count). The van der Waals surface area contributed by atoms with Crippen LogP contribution in [0.15, 0.2) is 57.8 Å². The van der Waals surface area contributed by atoms with Crippen LogP contribution >= 0.6 is 0 Å². The van der Waals surface area contributed by atoms with Gasteiger partial charge in [0.1, 0.15) is 5.82 Å². The molecule has 8 heteroatoms. The predicted molar refractivity (Wildman–Crippen MR) is 116 cm³/mol. The van der Waals surface area contributed by atoms with Gasteiger partial charge in [-0.3, -0.25) is 9.69 Å². The second-order valence-electron chi connectivity index (χ2n) is 8.29. The molecule has 5 heterocycles. The Balaban J connectivity index is 1.14. The Kier molecular flexibility index (Phi) is 5.71. The van der Waals surface area contributed by atoms with Crippen LogP contribution in [0.25, 0.3) is 11.5 Å². The molecule has 2 saturated heterocycles. The summed E-state index contributed by atoms with van der Waals surface area (Å²) in [6, 6.07) is 11.3. The van der Waals surface area contributed by atoms with E-state index in [2.05, 4.69) is 26.0 Å². The topological polar surface area (TPSA) is 78.9 Å². The molecule has 31 heavy (non-hydrogen) atoms. The van der Waals surface area contributed by atoms with E-state index in [-0.39, 0.29) is 5.91 Å². The van der Waals surface area contributed by atoms with Crippen molar-refractivity contribution in [3.8, 4) is 11.5 Å². The number of pyridine rings is 1. The molecule has 0 aliphatic carbocycles. The fourth-order valence-corrected chi connectivity index (χ4v) is 4.54. The number of carbonyl (C=O) groups is 1. The summed E-state index contributed by atoms with van der Waals surface area (Å²) in [6.45, 7) is 6.58. The molecule has 1 amide bonds. The van der Waals surface area contributed by atoms with Gasteiger partial charge in [-0.25, -0.2) is 4.98 Å². The average molecular weight is 422 g/mol. The molecule has 0 N–H and O–H groups in total. The molecule has 0 radical (unpaired) electrons. The van der Waals surface area contributed by atoms with Crippen LogP contribution in [0.1, 0.15) is 23.3 Å². The highest BCUT2D eigenvalue weighted by Gasteiger charge is 2.29. The fourth-order valence-electron chi connectivity index (χ4n) is 4.54. The van der Waals surface area contributed by atoms with Gasteiger partial charge >= 0.3 is 0 Å². The number of aromatic nitrogens is 2. The standard InChI is InChI=1S/C23H27N5O3/c29-23(19-15-21(31-25-19)20-6-4-14-30-20)28-9-3-5-18(17-28)16-26-10-12-27(13-11-26)22-7-1-2-8-24-22/h1-2,4,6-8,14-15,18H,3,5,9-13,16-17H2. The third kappa shape index (κ3) is 4.49. The van der Waals surface area contributed by atoms with Gasteiger partial charge in [0.25, 0.3) is 5.91 Å². The van der Waals surface area contributed by atoms with Crippen LogP contribution in [0.2, 0.25) is 0 Å². The molecule has 2 aliphatic rings. The van der Waals surface area contributed by atoms with E-state index < -0.39 is 0 Å². The van der Waals surface area contributed by atoms with Gasteiger partial charge in [-0.1, -0.05) is 11.2 Å². The number of piperazine rings is 1. The Morgan fingerprint density at radius 3 is 2.74 bits per heavy atom. The van der Waals surface area contributed by atoms with Crippen molar-refractivity contribution >= 4 is 11.7 Å². The van der Waals surface area contributed by atoms with Crippen molar-refractivity contribution in [2.24, 2.45) is 5.92 Å². The first-order valence-electron chi connectivity index (χ1n) is 10.9. The summed E-state index contributed by atoms with van der Waals surface area (Å²) in [5, 5.41) is 3.98. The number of amides is 1. The smallest absolute Gasteiger partial charge is 0.276 e. The zero-order valence-corrected chi connectivity index (χ0v) is 17.5. The molecule has 1 unspecified atom stereocenters. The molecular weight excluding hydrogens is 394 g/mol. The lowest BCUT2D eigenvalue weighted by Gasteiger charge is -2.39. The van der Waals surface area contributed by atoms with Gasteiger partial charge in [-0.05, 0) is 43.0 Å². The Bertz CT molecular complexity index is 980. The zero-order valence-electron chi connectivity index (χ0n) is 17.5. The van der Waals surface area contributed by atoms with Gasteiger partial charge in [0.2, 0.25) is 5.76 Å². The highest BCUT2D eigenvalue weighted by Crippen LogP contribution is 2.24. The van der Waals surface area contributed by atoms with Gasteiger partial charge < -0.3 is 18.7 Å². The number of furan rings is 1. The van der Waals surface area contributed by atoms with Crippen molar-refractivity contribution in [3.63, 3.8) is 0 Å². The molecule has 0 bridgehead atoms. The maximum atomic E-state index is 13.0. The van der Waals surface area contributed by atoms with Crippen molar-refractivity contribution in [2.45, 2.75) is 12.8 Å². The first-order valence-corrected chi connectivity index (χ1v) is 10.9. The summed E-state index contributed by atoms with van der Waals surface area (Å²) in [5.74, 6) is 2.53. The molecule has 8 nitrogen and oxygen atoms in total. The number of likely N-dealkylation sites (tertiary alicyclic amines) is 1. The molecular formula is C23H27N5O3. The maximum absolute atomic E-state index is 13.0. The van der Waals surface area contributed by atoms with Gasteiger partial charge in [-0.2, -0.15) is 0 Å². The highest BCUT2D eigenvalue weighted by molar-refractivity contribution is 5.93. The summed E-state index contributed by atoms with van der Waals surface area (Å²) in [4.78, 5) is 24.2. The lowest BCUT2D eigenvalue weighted by Crippen LogP contribution is -2.50. The normalized spacial score (nSPS) is 20.2. The largest absolute Gasteiger partial charge is 0.461 e. The average Bonchev–Trinajstić information content (AvgIpc) is 3.52. The summed E-state index contributed by atoms with van der Waals surface area (Å²) >= 11 is 0. The van der Waals surface area contributed by atoms with Crippen LogP contribution in [0.3, 0.4) is 0 Å². The number of hydrogen-bond donors (Lipinski definition) is 0. The quantitative estimate of drug-likeness (QED) is 0.627. The number of piperidine rings is 1. The minimum absolute atomic E-state index is 0.0637. The van der Waals surface area contributed by atoms with Gasteiger partial charge in [0.15, 0.2) is 11.5 Å². The molecule has 1 atom stereocenters. The van der Waals surface area contributed by atoms with E-state index in [1.807, 2.05) is 23.2 Å². The number of rotatable bonds is 5. The van der Waals surface area contributed by atoms with Crippen molar-refractivity contribution < 1.29 is 13.7 Å². The lowest BCUT2D eigenvalue weighted by atomic mass is 9.96. The first kappa shape index (κ1) is 19.8. The van der Waals surface area contributed by atoms with E-state index >= 15 is 0 Å². The second-order valence-corrected chi connectivity index (χ2v) is 8.29. The van der Waals surface area contributed by atoms with Crippen LogP contribution in [0.4, 0.5) is 5.82 Å². The lowest BCUT2D eigenvalue weighted by molar-refractivity contribution is 0.0627. The Hall–Kier alpha value is -3.13. The summed E-state index contributed by atoms with van der Waals surface area (Å²) in [6.07, 6.45) is 5.60. The summed E-state index contributed by atoms with van der Waals surface area (Å²) < 4.78 is 10.6. The Morgan fingerprint density at radius 2 is 1.97 bits per heavy atom. The third-order valence-corrected chi connectivity index (χ3v) is 6.16. The number of nitrogens with zero attached hydrogens (tertiary/aromatic N) is 5. The van der Waals surface area contributed by atoms with Crippen LogP contribution in [-0.2, 0) is 0 Å². The van der Waals surface area contributed by atoms with Crippen LogP contribution in [0, 0.1) is 5.92 Å². The molecule has 3 aromatic heterocycles. The minimum Gasteiger partial charge on any atom is -0.461 e. The van der Waals surface area contributed by atoms with E-state index in [4.69, 9.17) is 8.94 Å². The minimum atomic E-state index is -0.0637. The number of anilines is 1. The van der Waals surface area contributed by atoms with Crippen molar-refractivity contribution in [1.82, 2.24) is 19.9 Å². The molecule has 2 fully saturated rings.